The van der Waals surface area contributed by atoms with Gasteiger partial charge in [-0.05, 0) is 22.0 Å². The molecule has 0 aromatic heterocycles. The number of rotatable bonds is 4. The largest absolute Gasteiger partial charge is 0.506 e. The van der Waals surface area contributed by atoms with Crippen molar-refractivity contribution in [2.45, 2.75) is 6.04 Å². The quantitative estimate of drug-likeness (QED) is 0.775. The molecule has 0 amide bonds. The summed E-state index contributed by atoms with van der Waals surface area (Å²) in [5, 5.41) is 18.8. The molecule has 90 valence electrons. The first-order valence-electron chi connectivity index (χ1n) is 4.56. The number of aromatic hydroxyl groups is 1. The number of phenols is 1. The van der Waals surface area contributed by atoms with Crippen LogP contribution < -0.4 is 15.2 Å². The molecule has 1 aromatic carbocycles. The molecule has 6 heteroatoms. The highest BCUT2D eigenvalue weighted by molar-refractivity contribution is 9.10. The highest BCUT2D eigenvalue weighted by Crippen LogP contribution is 2.44. The van der Waals surface area contributed by atoms with Crippen molar-refractivity contribution in [3.8, 4) is 17.2 Å². The molecule has 5 nitrogen and oxygen atoms in total. The van der Waals surface area contributed by atoms with Crippen LogP contribution >= 0.6 is 15.9 Å². The Morgan fingerprint density at radius 1 is 1.44 bits per heavy atom. The standard InChI is InChI=1S/C10H14BrNO4/c1-15-7-3-5(6(12)4-13)9(14)8(11)10(7)16-2/h3,6,13-14H,4,12H2,1-2H3. The number of phenolic OH excluding ortho intramolecular Hbond substituents is 1. The number of nitrogens with two attached hydrogens (primary N) is 1. The zero-order valence-electron chi connectivity index (χ0n) is 9.03. The van der Waals surface area contributed by atoms with Crippen molar-refractivity contribution < 1.29 is 19.7 Å². The van der Waals surface area contributed by atoms with E-state index < -0.39 is 6.04 Å². The molecule has 1 aromatic rings. The molecule has 0 aliphatic carbocycles. The van der Waals surface area contributed by atoms with Gasteiger partial charge in [0.15, 0.2) is 11.5 Å². The minimum Gasteiger partial charge on any atom is -0.506 e. The average Bonchev–Trinajstić information content (AvgIpc) is 2.31. The van der Waals surface area contributed by atoms with E-state index in [0.717, 1.165) is 0 Å². The number of hydrogen-bond acceptors (Lipinski definition) is 5. The summed E-state index contributed by atoms with van der Waals surface area (Å²) in [5.74, 6) is 0.763. The molecule has 1 atom stereocenters. The zero-order chi connectivity index (χ0) is 12.3. The van der Waals surface area contributed by atoms with E-state index in [4.69, 9.17) is 20.3 Å². The molecule has 0 saturated carbocycles. The minimum absolute atomic E-state index is 0.0563. The van der Waals surface area contributed by atoms with Crippen LogP contribution in [0, 0.1) is 0 Å². The zero-order valence-corrected chi connectivity index (χ0v) is 10.6. The molecule has 0 aliphatic rings. The van der Waals surface area contributed by atoms with Gasteiger partial charge in [0.25, 0.3) is 0 Å². The number of methoxy groups -OCH3 is 2. The van der Waals surface area contributed by atoms with Gasteiger partial charge in [0.05, 0.1) is 26.9 Å². The van der Waals surface area contributed by atoms with Crippen LogP contribution in [0.25, 0.3) is 0 Å². The molecule has 0 fully saturated rings. The van der Waals surface area contributed by atoms with Crippen LogP contribution in [0.3, 0.4) is 0 Å². The van der Waals surface area contributed by atoms with Crippen LogP contribution in [0.4, 0.5) is 0 Å². The smallest absolute Gasteiger partial charge is 0.178 e. The highest BCUT2D eigenvalue weighted by atomic mass is 79.9. The third-order valence-electron chi connectivity index (χ3n) is 2.21. The van der Waals surface area contributed by atoms with Crippen molar-refractivity contribution in [3.05, 3.63) is 16.1 Å². The molecule has 0 radical (unpaired) electrons. The summed E-state index contributed by atoms with van der Waals surface area (Å²) in [6.07, 6.45) is 0. The summed E-state index contributed by atoms with van der Waals surface area (Å²) >= 11 is 3.19. The Morgan fingerprint density at radius 2 is 2.06 bits per heavy atom. The van der Waals surface area contributed by atoms with E-state index in [1.54, 1.807) is 6.07 Å². The second-order valence-electron chi connectivity index (χ2n) is 3.15. The van der Waals surface area contributed by atoms with Crippen LogP contribution in [0.15, 0.2) is 10.5 Å². The number of halogens is 1. The van der Waals surface area contributed by atoms with Crippen molar-refractivity contribution >= 4 is 15.9 Å². The molecule has 0 bridgehead atoms. The van der Waals surface area contributed by atoms with E-state index in [1.165, 1.54) is 14.2 Å². The molecule has 0 spiro atoms. The Morgan fingerprint density at radius 3 is 2.50 bits per heavy atom. The topological polar surface area (TPSA) is 84.9 Å². The third-order valence-corrected chi connectivity index (χ3v) is 2.95. The molecule has 0 aliphatic heterocycles. The maximum atomic E-state index is 9.86. The first kappa shape index (κ1) is 13.1. The van der Waals surface area contributed by atoms with Gasteiger partial charge in [-0.2, -0.15) is 0 Å². The molecule has 0 heterocycles. The van der Waals surface area contributed by atoms with Crippen molar-refractivity contribution in [3.63, 3.8) is 0 Å². The summed E-state index contributed by atoms with van der Waals surface area (Å²) < 4.78 is 10.5. The molecular weight excluding hydrogens is 278 g/mol. The second-order valence-corrected chi connectivity index (χ2v) is 3.95. The fourth-order valence-electron chi connectivity index (χ4n) is 1.34. The van der Waals surface area contributed by atoms with Crippen LogP contribution in [-0.4, -0.2) is 31.0 Å². The van der Waals surface area contributed by atoms with Gasteiger partial charge in [0.2, 0.25) is 0 Å². The van der Waals surface area contributed by atoms with Crippen LogP contribution in [0.5, 0.6) is 17.2 Å². The summed E-state index contributed by atoms with van der Waals surface area (Å²) in [5.41, 5.74) is 6.05. The second kappa shape index (κ2) is 5.38. The molecule has 1 unspecified atom stereocenters. The maximum absolute atomic E-state index is 9.86. The number of benzene rings is 1. The molecular formula is C10H14BrNO4. The fraction of sp³-hybridized carbons (Fsp3) is 0.400. The molecule has 4 N–H and O–H groups in total. The van der Waals surface area contributed by atoms with E-state index >= 15 is 0 Å². The van der Waals surface area contributed by atoms with E-state index in [2.05, 4.69) is 15.9 Å². The van der Waals surface area contributed by atoms with Gasteiger partial charge in [-0.25, -0.2) is 0 Å². The van der Waals surface area contributed by atoms with E-state index in [1.807, 2.05) is 0 Å². The lowest BCUT2D eigenvalue weighted by atomic mass is 10.1. The summed E-state index contributed by atoms with van der Waals surface area (Å²) in [4.78, 5) is 0. The van der Waals surface area contributed by atoms with Gasteiger partial charge in [-0.15, -0.1) is 0 Å². The van der Waals surface area contributed by atoms with Gasteiger partial charge in [-0.1, -0.05) is 0 Å². The SMILES string of the molecule is COc1cc(C(N)CO)c(O)c(Br)c1OC. The number of ether oxygens (including phenoxy) is 2. The Hall–Kier alpha value is -0.980. The lowest BCUT2D eigenvalue weighted by molar-refractivity contribution is 0.264. The normalized spacial score (nSPS) is 12.3. The Balaban J connectivity index is 3.38. The van der Waals surface area contributed by atoms with Gasteiger partial charge in [-0.3, -0.25) is 0 Å². The maximum Gasteiger partial charge on any atom is 0.178 e. The van der Waals surface area contributed by atoms with Gasteiger partial charge in [0, 0.05) is 5.56 Å². The van der Waals surface area contributed by atoms with E-state index in [-0.39, 0.29) is 12.4 Å². The lowest BCUT2D eigenvalue weighted by Crippen LogP contribution is -2.15. The Kier molecular flexibility index (Phi) is 4.40. The predicted molar refractivity (Wildman–Crippen MR) is 62.9 cm³/mol. The lowest BCUT2D eigenvalue weighted by Gasteiger charge is -2.17. The summed E-state index contributed by atoms with van der Waals surface area (Å²) in [7, 11) is 2.95. The fourth-order valence-corrected chi connectivity index (χ4v) is 1.93. The molecule has 0 saturated heterocycles. The monoisotopic (exact) mass is 291 g/mol. The van der Waals surface area contributed by atoms with Crippen molar-refractivity contribution in [2.75, 3.05) is 20.8 Å². The summed E-state index contributed by atoms with van der Waals surface area (Å²) in [6, 6.07) is 0.871. The minimum atomic E-state index is -0.670. The van der Waals surface area contributed by atoms with E-state index in [9.17, 15) is 5.11 Å². The number of hydrogen-bond donors (Lipinski definition) is 3. The van der Waals surface area contributed by atoms with Crippen LogP contribution in [0.1, 0.15) is 11.6 Å². The average molecular weight is 292 g/mol. The number of aliphatic hydroxyl groups is 1. The van der Waals surface area contributed by atoms with Gasteiger partial charge < -0.3 is 25.4 Å². The molecule has 1 rings (SSSR count). The third kappa shape index (κ3) is 2.23. The van der Waals surface area contributed by atoms with Crippen molar-refractivity contribution in [1.82, 2.24) is 0 Å². The van der Waals surface area contributed by atoms with Crippen LogP contribution in [0.2, 0.25) is 0 Å². The first-order chi connectivity index (χ1) is 7.56. The highest BCUT2D eigenvalue weighted by Gasteiger charge is 2.20. The summed E-state index contributed by atoms with van der Waals surface area (Å²) in [6.45, 7) is -0.268. The van der Waals surface area contributed by atoms with Crippen LogP contribution in [-0.2, 0) is 0 Å². The van der Waals surface area contributed by atoms with Crippen molar-refractivity contribution in [1.29, 1.82) is 0 Å². The molecule has 16 heavy (non-hydrogen) atoms. The predicted octanol–water partition coefficient (Wildman–Crippen LogP) is 1.16. The van der Waals surface area contributed by atoms with E-state index in [0.29, 0.717) is 21.5 Å². The van der Waals surface area contributed by atoms with Gasteiger partial charge in [0.1, 0.15) is 10.2 Å². The number of aliphatic hydroxyl groups excluding tert-OH is 1. The Labute approximate surface area is 102 Å². The first-order valence-corrected chi connectivity index (χ1v) is 5.35. The van der Waals surface area contributed by atoms with Gasteiger partial charge >= 0.3 is 0 Å². The Bertz CT molecular complexity index is 384. The van der Waals surface area contributed by atoms with Crippen molar-refractivity contribution in [2.24, 2.45) is 5.73 Å².